The fraction of sp³-hybridized carbons (Fsp3) is 0.259. The molecule has 6 nitrogen and oxygen atoms in total. The first-order valence-electron chi connectivity index (χ1n) is 11.2. The van der Waals surface area contributed by atoms with Crippen molar-refractivity contribution in [1.82, 2.24) is 0 Å². The molecule has 1 amide bonds. The van der Waals surface area contributed by atoms with Crippen LogP contribution in [0, 0.1) is 12.8 Å². The van der Waals surface area contributed by atoms with E-state index in [0.29, 0.717) is 11.4 Å². The van der Waals surface area contributed by atoms with E-state index in [2.05, 4.69) is 0 Å². The second-order valence-electron chi connectivity index (χ2n) is 8.73. The number of anilines is 1. The molecular weight excluding hydrogens is 456 g/mol. The van der Waals surface area contributed by atoms with E-state index < -0.39 is 30.1 Å². The summed E-state index contributed by atoms with van der Waals surface area (Å²) in [5.74, 6) is -0.768. The summed E-state index contributed by atoms with van der Waals surface area (Å²) < 4.78 is 36.7. The van der Waals surface area contributed by atoms with Crippen LogP contribution in [0.15, 0.2) is 76.4 Å². The summed E-state index contributed by atoms with van der Waals surface area (Å²) in [5, 5.41) is 10.8. The van der Waals surface area contributed by atoms with Gasteiger partial charge < -0.3 is 14.3 Å². The number of carbonyl (C=O) groups is 2. The number of ether oxygens (including phenoxy) is 1. The monoisotopic (exact) mass is 481 g/mol. The van der Waals surface area contributed by atoms with Crippen LogP contribution in [-0.4, -0.2) is 23.4 Å². The summed E-state index contributed by atoms with van der Waals surface area (Å²) in [6.07, 6.45) is 0.0751. The van der Waals surface area contributed by atoms with Crippen molar-refractivity contribution in [3.63, 3.8) is 0 Å². The Kier molecular flexibility index (Phi) is 6.73. The summed E-state index contributed by atoms with van der Waals surface area (Å²) in [7, 11) is 0. The number of hydrogen-bond acceptors (Lipinski definition) is 5. The lowest BCUT2D eigenvalue weighted by atomic mass is 9.91. The Morgan fingerprint density at radius 3 is 2.37 bits per heavy atom. The topological polar surface area (TPSA) is 80.0 Å². The number of alkyl halides is 2. The van der Waals surface area contributed by atoms with Crippen molar-refractivity contribution < 1.29 is 32.6 Å². The molecule has 4 rings (SSSR count). The standard InChI is InChI=1S/C27H25F2NO5/c1-15(2)14-20(31)23-24(19-6-4-5-7-22(19)35-27(28)29)30(26(33)25(23)32)18-11-9-17(10-12-18)21-13-8-16(3)34-21/h4-13,15,24,27,32H,14H2,1-3H3. The number of hydrogen-bond donors (Lipinski definition) is 1. The highest BCUT2D eigenvalue weighted by atomic mass is 19.3. The predicted molar refractivity (Wildman–Crippen MR) is 126 cm³/mol. The second-order valence-corrected chi connectivity index (χ2v) is 8.73. The third kappa shape index (κ3) is 4.82. The molecule has 0 saturated heterocycles. The second kappa shape index (κ2) is 9.74. The summed E-state index contributed by atoms with van der Waals surface area (Å²) in [6.45, 7) is 2.39. The number of amides is 1. The summed E-state index contributed by atoms with van der Waals surface area (Å²) in [5.41, 5.74) is 1.17. The molecule has 0 aliphatic carbocycles. The maximum Gasteiger partial charge on any atom is 0.387 e. The van der Waals surface area contributed by atoms with Crippen LogP contribution in [0.3, 0.4) is 0 Å². The van der Waals surface area contributed by atoms with Gasteiger partial charge in [-0.15, -0.1) is 0 Å². The van der Waals surface area contributed by atoms with Crippen LogP contribution in [0.25, 0.3) is 11.3 Å². The average molecular weight is 481 g/mol. The van der Waals surface area contributed by atoms with E-state index >= 15 is 0 Å². The maximum atomic E-state index is 13.2. The number of aliphatic hydroxyl groups is 1. The van der Waals surface area contributed by atoms with Gasteiger partial charge in [-0.25, -0.2) is 0 Å². The van der Waals surface area contributed by atoms with Crippen LogP contribution >= 0.6 is 0 Å². The Balaban J connectivity index is 1.82. The molecule has 1 atom stereocenters. The zero-order valence-electron chi connectivity index (χ0n) is 19.5. The quantitative estimate of drug-likeness (QED) is 0.404. The molecule has 1 aromatic heterocycles. The third-order valence-corrected chi connectivity index (χ3v) is 5.70. The highest BCUT2D eigenvalue weighted by Crippen LogP contribution is 2.45. The number of halogens is 2. The van der Waals surface area contributed by atoms with Gasteiger partial charge in [-0.2, -0.15) is 8.78 Å². The van der Waals surface area contributed by atoms with E-state index in [1.54, 1.807) is 30.3 Å². The average Bonchev–Trinajstić information content (AvgIpc) is 3.34. The molecule has 35 heavy (non-hydrogen) atoms. The van der Waals surface area contributed by atoms with E-state index in [0.717, 1.165) is 11.3 Å². The molecule has 3 aromatic rings. The lowest BCUT2D eigenvalue weighted by Crippen LogP contribution is -2.31. The summed E-state index contributed by atoms with van der Waals surface area (Å²) in [6, 6.07) is 15.3. The van der Waals surface area contributed by atoms with E-state index in [9.17, 15) is 23.5 Å². The Morgan fingerprint density at radius 1 is 1.09 bits per heavy atom. The molecule has 0 radical (unpaired) electrons. The molecule has 0 fully saturated rings. The smallest absolute Gasteiger partial charge is 0.387 e. The van der Waals surface area contributed by atoms with E-state index in [1.807, 2.05) is 32.9 Å². The molecule has 2 aromatic carbocycles. The molecule has 8 heteroatoms. The minimum Gasteiger partial charge on any atom is -0.503 e. The number of aryl methyl sites for hydroxylation is 1. The fourth-order valence-corrected chi connectivity index (χ4v) is 4.22. The van der Waals surface area contributed by atoms with Gasteiger partial charge in [0.2, 0.25) is 0 Å². The lowest BCUT2D eigenvalue weighted by molar-refractivity contribution is -0.118. The third-order valence-electron chi connectivity index (χ3n) is 5.70. The molecule has 2 heterocycles. The number of rotatable bonds is 8. The minimum absolute atomic E-state index is 0.0452. The summed E-state index contributed by atoms with van der Waals surface area (Å²) >= 11 is 0. The van der Waals surface area contributed by atoms with Crippen molar-refractivity contribution in [1.29, 1.82) is 0 Å². The molecule has 182 valence electrons. The summed E-state index contributed by atoms with van der Waals surface area (Å²) in [4.78, 5) is 27.6. The Morgan fingerprint density at radius 2 is 1.77 bits per heavy atom. The zero-order valence-corrected chi connectivity index (χ0v) is 19.5. The van der Waals surface area contributed by atoms with Gasteiger partial charge in [0.05, 0.1) is 11.6 Å². The number of benzene rings is 2. The van der Waals surface area contributed by atoms with Gasteiger partial charge in [-0.05, 0) is 55.3 Å². The maximum absolute atomic E-state index is 13.2. The van der Waals surface area contributed by atoms with Gasteiger partial charge in [0.15, 0.2) is 11.5 Å². The number of carbonyl (C=O) groups excluding carboxylic acids is 2. The molecule has 0 spiro atoms. The van der Waals surface area contributed by atoms with Crippen molar-refractivity contribution in [3.8, 4) is 17.1 Å². The van der Waals surface area contributed by atoms with E-state index in [-0.39, 0.29) is 29.2 Å². The van der Waals surface area contributed by atoms with Crippen LogP contribution in [0.1, 0.15) is 37.6 Å². The van der Waals surface area contributed by atoms with Gasteiger partial charge in [0.1, 0.15) is 17.3 Å². The lowest BCUT2D eigenvalue weighted by Gasteiger charge is -2.28. The first-order chi connectivity index (χ1) is 16.7. The van der Waals surface area contributed by atoms with Crippen molar-refractivity contribution >= 4 is 17.4 Å². The number of ketones is 1. The SMILES string of the molecule is Cc1ccc(-c2ccc(N3C(=O)C(O)=C(C(=O)CC(C)C)C3c3ccccc3OC(F)F)cc2)o1. The van der Waals surface area contributed by atoms with E-state index in [4.69, 9.17) is 9.15 Å². The number of aliphatic hydroxyl groups excluding tert-OH is 1. The van der Waals surface area contributed by atoms with Gasteiger partial charge in [-0.3, -0.25) is 14.5 Å². The molecule has 0 saturated carbocycles. The first-order valence-corrected chi connectivity index (χ1v) is 11.2. The Bertz CT molecular complexity index is 1280. The van der Waals surface area contributed by atoms with Crippen LogP contribution < -0.4 is 9.64 Å². The van der Waals surface area contributed by atoms with Crippen molar-refractivity contribution in [2.24, 2.45) is 5.92 Å². The largest absolute Gasteiger partial charge is 0.503 e. The highest BCUT2D eigenvalue weighted by Gasteiger charge is 2.45. The number of Topliss-reactive ketones (excluding diaryl/α,β-unsaturated/α-hetero) is 1. The van der Waals surface area contributed by atoms with Crippen molar-refractivity contribution in [2.45, 2.75) is 39.8 Å². The minimum atomic E-state index is -3.11. The van der Waals surface area contributed by atoms with Crippen LogP contribution in [-0.2, 0) is 9.59 Å². The number of furan rings is 1. The molecule has 1 aliphatic rings. The number of para-hydroxylation sites is 1. The molecule has 1 unspecified atom stereocenters. The predicted octanol–water partition coefficient (Wildman–Crippen LogP) is 6.37. The van der Waals surface area contributed by atoms with Crippen LogP contribution in [0.5, 0.6) is 5.75 Å². The van der Waals surface area contributed by atoms with Crippen molar-refractivity contribution in [2.75, 3.05) is 4.90 Å². The van der Waals surface area contributed by atoms with Gasteiger partial charge in [0.25, 0.3) is 5.91 Å². The normalized spacial score (nSPS) is 16.0. The fourth-order valence-electron chi connectivity index (χ4n) is 4.22. The van der Waals surface area contributed by atoms with E-state index in [1.165, 1.54) is 23.1 Å². The van der Waals surface area contributed by atoms with Crippen LogP contribution in [0.4, 0.5) is 14.5 Å². The van der Waals surface area contributed by atoms with Gasteiger partial charge >= 0.3 is 6.61 Å². The first kappa shape index (κ1) is 24.2. The molecular formula is C27H25F2NO5. The Hall–Kier alpha value is -3.94. The number of nitrogens with zero attached hydrogens (tertiary/aromatic N) is 1. The zero-order chi connectivity index (χ0) is 25.3. The Labute approximate surface area is 201 Å². The highest BCUT2D eigenvalue weighted by molar-refractivity contribution is 6.16. The van der Waals surface area contributed by atoms with Crippen molar-refractivity contribution in [3.05, 3.63) is 83.3 Å². The van der Waals surface area contributed by atoms with Gasteiger partial charge in [0, 0.05) is 23.2 Å². The molecule has 0 bridgehead atoms. The molecule has 1 N–H and O–H groups in total. The molecule has 1 aliphatic heterocycles. The van der Waals surface area contributed by atoms with Crippen LogP contribution in [0.2, 0.25) is 0 Å². The van der Waals surface area contributed by atoms with Gasteiger partial charge in [-0.1, -0.05) is 32.0 Å².